The van der Waals surface area contributed by atoms with E-state index in [0.717, 1.165) is 23.5 Å². The summed E-state index contributed by atoms with van der Waals surface area (Å²) in [4.78, 5) is 16.8. The maximum Gasteiger partial charge on any atom is 0.406 e. The quantitative estimate of drug-likeness (QED) is 0.921. The Morgan fingerprint density at radius 3 is 2.80 bits per heavy atom. The predicted octanol–water partition coefficient (Wildman–Crippen LogP) is 2.94. The molecule has 0 saturated carbocycles. The first-order chi connectivity index (χ1) is 9.69. The van der Waals surface area contributed by atoms with E-state index in [9.17, 15) is 4.79 Å². The van der Waals surface area contributed by atoms with Crippen LogP contribution in [0.25, 0.3) is 0 Å². The van der Waals surface area contributed by atoms with Crippen molar-refractivity contribution in [2.45, 2.75) is 19.8 Å². The first kappa shape index (κ1) is 14.5. The number of aryl methyl sites for hydroxylation is 1. The van der Waals surface area contributed by atoms with Gasteiger partial charge >= 0.3 is 6.09 Å². The van der Waals surface area contributed by atoms with Crippen molar-refractivity contribution in [1.82, 2.24) is 10.3 Å². The summed E-state index contributed by atoms with van der Waals surface area (Å²) in [7, 11) is 1.36. The molecule has 1 aromatic heterocycles. The molecule has 2 rings (SSSR count). The Hall–Kier alpha value is -1.88. The van der Waals surface area contributed by atoms with Gasteiger partial charge in [-0.15, -0.1) is 11.3 Å². The van der Waals surface area contributed by atoms with Crippen LogP contribution in [0.3, 0.4) is 0 Å². The van der Waals surface area contributed by atoms with E-state index in [0.29, 0.717) is 6.54 Å². The third-order valence-electron chi connectivity index (χ3n) is 2.94. The molecule has 2 aromatic rings. The van der Waals surface area contributed by atoms with Gasteiger partial charge in [0.2, 0.25) is 0 Å². The third kappa shape index (κ3) is 4.06. The highest BCUT2D eigenvalue weighted by molar-refractivity contribution is 7.11. The molecule has 0 atom stereocenters. The van der Waals surface area contributed by atoms with E-state index in [1.807, 2.05) is 25.1 Å². The lowest BCUT2D eigenvalue weighted by Gasteiger charge is -2.00. The molecular formula is C15H18N2O2S. The van der Waals surface area contributed by atoms with Gasteiger partial charge in [0, 0.05) is 24.3 Å². The summed E-state index contributed by atoms with van der Waals surface area (Å²) in [6.45, 7) is 2.58. The van der Waals surface area contributed by atoms with Crippen LogP contribution < -0.4 is 5.32 Å². The molecule has 0 aliphatic heterocycles. The second-order valence-electron chi connectivity index (χ2n) is 4.45. The summed E-state index contributed by atoms with van der Waals surface area (Å²) >= 11 is 1.71. The minimum Gasteiger partial charge on any atom is -0.453 e. The van der Waals surface area contributed by atoms with Gasteiger partial charge in [-0.3, -0.25) is 0 Å². The first-order valence-electron chi connectivity index (χ1n) is 6.50. The minimum absolute atomic E-state index is 0.400. The fourth-order valence-electron chi connectivity index (χ4n) is 1.88. The number of nitrogens with zero attached hydrogens (tertiary/aromatic N) is 1. The number of aromatic nitrogens is 1. The number of carbonyl (C=O) groups excluding carboxylic acids is 1. The Kier molecular flexibility index (Phi) is 5.12. The third-order valence-corrected chi connectivity index (χ3v) is 4.16. The molecule has 0 fully saturated rings. The molecule has 0 saturated heterocycles. The Balaban J connectivity index is 1.94. The monoisotopic (exact) mass is 290 g/mol. The average molecular weight is 290 g/mol. The number of ether oxygens (including phenoxy) is 1. The van der Waals surface area contributed by atoms with E-state index in [1.165, 1.54) is 17.6 Å². The number of amides is 1. The Labute approximate surface area is 122 Å². The molecule has 0 spiro atoms. The Morgan fingerprint density at radius 2 is 2.10 bits per heavy atom. The van der Waals surface area contributed by atoms with Gasteiger partial charge in [-0.25, -0.2) is 9.78 Å². The molecular weight excluding hydrogens is 272 g/mol. The Morgan fingerprint density at radius 1 is 1.35 bits per heavy atom. The molecule has 0 bridgehead atoms. The normalized spacial score (nSPS) is 10.3. The first-order valence-corrected chi connectivity index (χ1v) is 7.31. The van der Waals surface area contributed by atoms with Gasteiger partial charge in [-0.2, -0.15) is 0 Å². The number of alkyl carbamates (subject to hydrolysis) is 1. The summed E-state index contributed by atoms with van der Waals surface area (Å²) in [5, 5.41) is 3.71. The van der Waals surface area contributed by atoms with Crippen molar-refractivity contribution >= 4 is 17.4 Å². The van der Waals surface area contributed by atoms with E-state index < -0.39 is 6.09 Å². The largest absolute Gasteiger partial charge is 0.453 e. The maximum absolute atomic E-state index is 11.0. The lowest BCUT2D eigenvalue weighted by molar-refractivity contribution is 0.171. The van der Waals surface area contributed by atoms with Gasteiger partial charge < -0.3 is 10.1 Å². The van der Waals surface area contributed by atoms with Crippen molar-refractivity contribution in [2.75, 3.05) is 13.7 Å². The van der Waals surface area contributed by atoms with Crippen LogP contribution >= 0.6 is 11.3 Å². The molecule has 0 radical (unpaired) electrons. The zero-order chi connectivity index (χ0) is 14.4. The van der Waals surface area contributed by atoms with Crippen LogP contribution in [0.2, 0.25) is 0 Å². The van der Waals surface area contributed by atoms with Crippen molar-refractivity contribution in [2.24, 2.45) is 0 Å². The summed E-state index contributed by atoms with van der Waals surface area (Å²) in [5.74, 6) is 0. The second-order valence-corrected chi connectivity index (χ2v) is 5.62. The van der Waals surface area contributed by atoms with E-state index in [1.54, 1.807) is 11.3 Å². The van der Waals surface area contributed by atoms with Gasteiger partial charge in [0.25, 0.3) is 0 Å². The van der Waals surface area contributed by atoms with Crippen LogP contribution in [-0.2, 0) is 17.6 Å². The summed E-state index contributed by atoms with van der Waals surface area (Å²) in [6, 6.07) is 10.4. The van der Waals surface area contributed by atoms with Gasteiger partial charge in [-0.05, 0) is 12.5 Å². The van der Waals surface area contributed by atoms with E-state index in [4.69, 9.17) is 0 Å². The number of carbonyl (C=O) groups is 1. The fraction of sp³-hybridized carbons (Fsp3) is 0.333. The zero-order valence-electron chi connectivity index (χ0n) is 11.7. The van der Waals surface area contributed by atoms with Gasteiger partial charge in [0.1, 0.15) is 0 Å². The lowest BCUT2D eigenvalue weighted by atomic mass is 10.1. The number of nitrogens with one attached hydrogen (secondary N) is 1. The summed E-state index contributed by atoms with van der Waals surface area (Å²) < 4.78 is 4.53. The van der Waals surface area contributed by atoms with Crippen molar-refractivity contribution in [3.63, 3.8) is 0 Å². The number of benzene rings is 1. The molecule has 1 N–H and O–H groups in total. The van der Waals surface area contributed by atoms with Gasteiger partial charge in [0.05, 0.1) is 17.8 Å². The van der Waals surface area contributed by atoms with Crippen LogP contribution in [-0.4, -0.2) is 24.7 Å². The fourth-order valence-corrected chi connectivity index (χ4v) is 2.99. The van der Waals surface area contributed by atoms with Crippen molar-refractivity contribution in [3.05, 3.63) is 51.5 Å². The maximum atomic E-state index is 11.0. The van der Waals surface area contributed by atoms with Gasteiger partial charge in [0.15, 0.2) is 0 Å². The van der Waals surface area contributed by atoms with Crippen molar-refractivity contribution in [3.8, 4) is 0 Å². The average Bonchev–Trinajstić information content (AvgIpc) is 2.80. The molecule has 1 heterocycles. The minimum atomic E-state index is -0.400. The highest BCUT2D eigenvalue weighted by Gasteiger charge is 2.08. The predicted molar refractivity (Wildman–Crippen MR) is 80.2 cm³/mol. The van der Waals surface area contributed by atoms with Gasteiger partial charge in [-0.1, -0.05) is 30.3 Å². The molecule has 4 nitrogen and oxygen atoms in total. The molecule has 0 aliphatic carbocycles. The smallest absolute Gasteiger partial charge is 0.406 e. The SMILES string of the molecule is COC(=O)NCCc1nc(C)c(Cc2ccccc2)s1. The number of thiazole rings is 1. The molecule has 1 aromatic carbocycles. The van der Waals surface area contributed by atoms with Crippen molar-refractivity contribution < 1.29 is 9.53 Å². The molecule has 0 aliphatic rings. The topological polar surface area (TPSA) is 51.2 Å². The van der Waals surface area contributed by atoms with Crippen LogP contribution in [0, 0.1) is 6.92 Å². The summed E-state index contributed by atoms with van der Waals surface area (Å²) in [6.07, 6.45) is 1.24. The molecule has 0 unspecified atom stereocenters. The van der Waals surface area contributed by atoms with E-state index in [2.05, 4.69) is 27.2 Å². The van der Waals surface area contributed by atoms with E-state index >= 15 is 0 Å². The standard InChI is InChI=1S/C15H18N2O2S/c1-11-13(10-12-6-4-3-5-7-12)20-14(17-11)8-9-16-15(18)19-2/h3-7H,8-10H2,1-2H3,(H,16,18). The second kappa shape index (κ2) is 7.05. The van der Waals surface area contributed by atoms with Crippen molar-refractivity contribution in [1.29, 1.82) is 0 Å². The zero-order valence-corrected chi connectivity index (χ0v) is 12.5. The molecule has 20 heavy (non-hydrogen) atoms. The Bertz CT molecular complexity index is 567. The number of rotatable bonds is 5. The lowest BCUT2D eigenvalue weighted by Crippen LogP contribution is -2.25. The van der Waals surface area contributed by atoms with Crippen LogP contribution in [0.4, 0.5) is 4.79 Å². The number of hydrogen-bond donors (Lipinski definition) is 1. The molecule has 1 amide bonds. The highest BCUT2D eigenvalue weighted by atomic mass is 32.1. The van der Waals surface area contributed by atoms with E-state index in [-0.39, 0.29) is 0 Å². The highest BCUT2D eigenvalue weighted by Crippen LogP contribution is 2.21. The van der Waals surface area contributed by atoms with Crippen LogP contribution in [0.15, 0.2) is 30.3 Å². The number of hydrogen-bond acceptors (Lipinski definition) is 4. The molecule has 5 heteroatoms. The molecule has 106 valence electrons. The summed E-state index contributed by atoms with van der Waals surface area (Å²) in [5.41, 5.74) is 2.37. The van der Waals surface area contributed by atoms with Crippen LogP contribution in [0.5, 0.6) is 0 Å². The number of methoxy groups -OCH3 is 1. The van der Waals surface area contributed by atoms with Crippen LogP contribution in [0.1, 0.15) is 21.1 Å².